The second kappa shape index (κ2) is 5.86. The van der Waals surface area contributed by atoms with Crippen LogP contribution in [0.4, 0.5) is 0 Å². The fraction of sp³-hybridized carbons (Fsp3) is 0.688. The largest absolute Gasteiger partial charge is 0.317 e. The molecule has 110 valence electrons. The van der Waals surface area contributed by atoms with Gasteiger partial charge in [0.05, 0.1) is 6.04 Å². The Morgan fingerprint density at radius 2 is 2.30 bits per heavy atom. The maximum atomic E-state index is 12.8. The summed E-state index contributed by atoms with van der Waals surface area (Å²) in [6.07, 6.45) is 5.77. The fourth-order valence-corrected chi connectivity index (χ4v) is 4.49. The lowest BCUT2D eigenvalue weighted by Crippen LogP contribution is -2.41. The summed E-state index contributed by atoms with van der Waals surface area (Å²) in [4.78, 5) is 16.2. The summed E-state index contributed by atoms with van der Waals surface area (Å²) in [6.45, 7) is 4.44. The van der Waals surface area contributed by atoms with Gasteiger partial charge in [-0.25, -0.2) is 0 Å². The minimum atomic E-state index is 0.0138. The predicted octanol–water partition coefficient (Wildman–Crippen LogP) is 3.54. The van der Waals surface area contributed by atoms with E-state index in [4.69, 9.17) is 0 Å². The molecular formula is C16H24N2OS. The standard InChI is InChI=1S/C16H24N2OS/c1-3-6-12-16(19)18(13-8-4-7-11(13)2)15(17-12)14-9-5-10-20-14/h5,9-13,15,17H,3-4,6-8H2,1-2H3. The minimum Gasteiger partial charge on any atom is -0.317 e. The lowest BCUT2D eigenvalue weighted by Gasteiger charge is -2.32. The lowest BCUT2D eigenvalue weighted by molar-refractivity contribution is -0.133. The van der Waals surface area contributed by atoms with E-state index in [-0.39, 0.29) is 12.2 Å². The van der Waals surface area contributed by atoms with Gasteiger partial charge in [-0.15, -0.1) is 11.3 Å². The Hall–Kier alpha value is -0.870. The molecule has 0 aromatic carbocycles. The molecule has 1 N–H and O–H groups in total. The van der Waals surface area contributed by atoms with Crippen LogP contribution in [0.3, 0.4) is 0 Å². The van der Waals surface area contributed by atoms with Gasteiger partial charge in [0.15, 0.2) is 0 Å². The van der Waals surface area contributed by atoms with Crippen LogP contribution in [0.25, 0.3) is 0 Å². The number of nitrogens with one attached hydrogen (secondary N) is 1. The third kappa shape index (κ3) is 2.40. The van der Waals surface area contributed by atoms with Crippen molar-refractivity contribution in [3.05, 3.63) is 22.4 Å². The molecule has 4 atom stereocenters. The Morgan fingerprint density at radius 3 is 2.90 bits per heavy atom. The van der Waals surface area contributed by atoms with Crippen LogP contribution in [0.1, 0.15) is 57.0 Å². The second-order valence-corrected chi connectivity index (χ2v) is 7.13. The molecule has 1 saturated carbocycles. The molecule has 2 fully saturated rings. The van der Waals surface area contributed by atoms with E-state index in [2.05, 4.69) is 41.6 Å². The third-order valence-electron chi connectivity index (χ3n) is 4.75. The second-order valence-electron chi connectivity index (χ2n) is 6.15. The van der Waals surface area contributed by atoms with Crippen LogP contribution in [0.5, 0.6) is 0 Å². The van der Waals surface area contributed by atoms with Gasteiger partial charge in [0.25, 0.3) is 0 Å². The highest BCUT2D eigenvalue weighted by atomic mass is 32.1. The van der Waals surface area contributed by atoms with Crippen molar-refractivity contribution in [2.24, 2.45) is 5.92 Å². The Morgan fingerprint density at radius 1 is 1.45 bits per heavy atom. The Bertz CT molecular complexity index is 459. The van der Waals surface area contributed by atoms with Gasteiger partial charge < -0.3 is 4.90 Å². The average Bonchev–Trinajstić information content (AvgIpc) is 3.12. The quantitative estimate of drug-likeness (QED) is 0.920. The topological polar surface area (TPSA) is 32.3 Å². The first-order chi connectivity index (χ1) is 9.72. The first kappa shape index (κ1) is 14.1. The number of rotatable bonds is 4. The zero-order valence-corrected chi connectivity index (χ0v) is 13.2. The molecule has 3 rings (SSSR count). The number of nitrogens with zero attached hydrogens (tertiary/aromatic N) is 1. The van der Waals surface area contributed by atoms with Gasteiger partial charge in [0.2, 0.25) is 5.91 Å². The highest BCUT2D eigenvalue weighted by Crippen LogP contribution is 2.38. The van der Waals surface area contributed by atoms with Crippen molar-refractivity contribution in [2.75, 3.05) is 0 Å². The first-order valence-electron chi connectivity index (χ1n) is 7.84. The average molecular weight is 292 g/mol. The van der Waals surface area contributed by atoms with Crippen LogP contribution >= 0.6 is 11.3 Å². The predicted molar refractivity (Wildman–Crippen MR) is 82.5 cm³/mol. The number of hydrogen-bond acceptors (Lipinski definition) is 3. The number of hydrogen-bond donors (Lipinski definition) is 1. The molecule has 2 aliphatic rings. The molecule has 3 nitrogen and oxygen atoms in total. The van der Waals surface area contributed by atoms with E-state index in [9.17, 15) is 4.79 Å². The molecule has 1 aromatic heterocycles. The first-order valence-corrected chi connectivity index (χ1v) is 8.72. The molecule has 1 amide bonds. The van der Waals surface area contributed by atoms with Gasteiger partial charge in [0, 0.05) is 10.9 Å². The normalized spacial score (nSPS) is 34.1. The van der Waals surface area contributed by atoms with E-state index in [1.807, 2.05) is 0 Å². The molecule has 0 bridgehead atoms. The fourth-order valence-electron chi connectivity index (χ4n) is 3.70. The minimum absolute atomic E-state index is 0.0138. The van der Waals surface area contributed by atoms with Gasteiger partial charge in [-0.05, 0) is 36.6 Å². The van der Waals surface area contributed by atoms with Crippen LogP contribution in [-0.4, -0.2) is 22.9 Å². The highest BCUT2D eigenvalue weighted by Gasteiger charge is 2.45. The molecule has 0 radical (unpaired) electrons. The van der Waals surface area contributed by atoms with E-state index in [1.54, 1.807) is 11.3 Å². The Kier molecular flexibility index (Phi) is 4.13. The van der Waals surface area contributed by atoms with Crippen LogP contribution in [0.15, 0.2) is 17.5 Å². The summed E-state index contributed by atoms with van der Waals surface area (Å²) in [5.74, 6) is 0.951. The van der Waals surface area contributed by atoms with E-state index in [0.717, 1.165) is 19.3 Å². The summed E-state index contributed by atoms with van der Waals surface area (Å²) in [6, 6.07) is 4.66. The van der Waals surface area contributed by atoms with E-state index < -0.39 is 0 Å². The third-order valence-corrected chi connectivity index (χ3v) is 5.68. The zero-order chi connectivity index (χ0) is 14.1. The summed E-state index contributed by atoms with van der Waals surface area (Å²) in [7, 11) is 0. The highest BCUT2D eigenvalue weighted by molar-refractivity contribution is 7.10. The van der Waals surface area contributed by atoms with Crippen LogP contribution < -0.4 is 5.32 Å². The lowest BCUT2D eigenvalue weighted by atomic mass is 10.0. The number of carbonyl (C=O) groups excluding carboxylic acids is 1. The summed E-state index contributed by atoms with van der Waals surface area (Å²) in [5.41, 5.74) is 0. The van der Waals surface area contributed by atoms with Gasteiger partial charge in [-0.1, -0.05) is 32.8 Å². The molecule has 1 aromatic rings. The van der Waals surface area contributed by atoms with Gasteiger partial charge in [-0.2, -0.15) is 0 Å². The van der Waals surface area contributed by atoms with E-state index in [0.29, 0.717) is 17.9 Å². The molecular weight excluding hydrogens is 268 g/mol. The van der Waals surface area contributed by atoms with Gasteiger partial charge in [-0.3, -0.25) is 10.1 Å². The molecule has 1 aliphatic carbocycles. The van der Waals surface area contributed by atoms with Crippen LogP contribution in [-0.2, 0) is 4.79 Å². The van der Waals surface area contributed by atoms with Crippen molar-refractivity contribution in [1.29, 1.82) is 0 Å². The Balaban J connectivity index is 1.87. The summed E-state index contributed by atoms with van der Waals surface area (Å²) in [5, 5.41) is 5.68. The zero-order valence-electron chi connectivity index (χ0n) is 12.3. The summed E-state index contributed by atoms with van der Waals surface area (Å²) >= 11 is 1.75. The number of amides is 1. The van der Waals surface area contributed by atoms with Crippen molar-refractivity contribution in [1.82, 2.24) is 10.2 Å². The molecule has 2 heterocycles. The van der Waals surface area contributed by atoms with Gasteiger partial charge >= 0.3 is 0 Å². The van der Waals surface area contributed by atoms with Crippen molar-refractivity contribution in [3.63, 3.8) is 0 Å². The monoisotopic (exact) mass is 292 g/mol. The molecule has 1 saturated heterocycles. The van der Waals surface area contributed by atoms with E-state index in [1.165, 1.54) is 17.7 Å². The number of carbonyl (C=O) groups is 1. The molecule has 20 heavy (non-hydrogen) atoms. The van der Waals surface area contributed by atoms with Crippen molar-refractivity contribution >= 4 is 17.2 Å². The SMILES string of the molecule is CCCC1NC(c2cccs2)N(C2CCCC2C)C1=O. The van der Waals surface area contributed by atoms with Crippen LogP contribution in [0.2, 0.25) is 0 Å². The van der Waals surface area contributed by atoms with Crippen LogP contribution in [0, 0.1) is 5.92 Å². The molecule has 4 unspecified atom stereocenters. The molecule has 4 heteroatoms. The van der Waals surface area contributed by atoms with E-state index >= 15 is 0 Å². The number of thiophene rings is 1. The molecule has 1 aliphatic heterocycles. The Labute approximate surface area is 125 Å². The van der Waals surface area contributed by atoms with Crippen molar-refractivity contribution in [2.45, 2.75) is 64.2 Å². The maximum absolute atomic E-state index is 12.8. The maximum Gasteiger partial charge on any atom is 0.241 e. The molecule has 0 spiro atoms. The van der Waals surface area contributed by atoms with Crippen molar-refractivity contribution in [3.8, 4) is 0 Å². The van der Waals surface area contributed by atoms with Crippen molar-refractivity contribution < 1.29 is 4.79 Å². The summed E-state index contributed by atoms with van der Waals surface area (Å²) < 4.78 is 0. The van der Waals surface area contributed by atoms with Gasteiger partial charge in [0.1, 0.15) is 6.17 Å². The smallest absolute Gasteiger partial charge is 0.241 e.